The van der Waals surface area contributed by atoms with Crippen LogP contribution in [0.25, 0.3) is 0 Å². The highest BCUT2D eigenvalue weighted by Gasteiger charge is 2.19. The van der Waals surface area contributed by atoms with Crippen LogP contribution in [0.2, 0.25) is 0 Å². The number of hydrogen-bond donors (Lipinski definition) is 0. The first-order valence-corrected chi connectivity index (χ1v) is 33.2. The summed E-state index contributed by atoms with van der Waals surface area (Å²) in [6.07, 6.45) is 94.6. The van der Waals surface area contributed by atoms with Crippen LogP contribution in [0.15, 0.2) is 134 Å². The lowest BCUT2D eigenvalue weighted by molar-refractivity contribution is -0.167. The van der Waals surface area contributed by atoms with Gasteiger partial charge in [0.1, 0.15) is 13.2 Å². The van der Waals surface area contributed by atoms with Crippen molar-refractivity contribution in [3.8, 4) is 0 Å². The van der Waals surface area contributed by atoms with E-state index in [1.165, 1.54) is 89.9 Å². The van der Waals surface area contributed by atoms with Gasteiger partial charge >= 0.3 is 17.9 Å². The van der Waals surface area contributed by atoms with Crippen molar-refractivity contribution in [1.29, 1.82) is 0 Å². The van der Waals surface area contributed by atoms with Crippen LogP contribution >= 0.6 is 0 Å². The van der Waals surface area contributed by atoms with Crippen LogP contribution in [0, 0.1) is 0 Å². The van der Waals surface area contributed by atoms with E-state index in [1.54, 1.807) is 0 Å². The van der Waals surface area contributed by atoms with Crippen LogP contribution in [-0.2, 0) is 28.6 Å². The largest absolute Gasteiger partial charge is 0.462 e. The van der Waals surface area contributed by atoms with Crippen LogP contribution in [-0.4, -0.2) is 37.2 Å². The maximum atomic E-state index is 12.9. The Morgan fingerprint density at radius 3 is 0.812 bits per heavy atom. The second kappa shape index (κ2) is 67.1. The highest BCUT2D eigenvalue weighted by molar-refractivity contribution is 5.71. The fourth-order valence-electron chi connectivity index (χ4n) is 8.94. The lowest BCUT2D eigenvalue weighted by Crippen LogP contribution is -2.30. The summed E-state index contributed by atoms with van der Waals surface area (Å²) in [6.45, 7) is 6.45. The van der Waals surface area contributed by atoms with E-state index in [4.69, 9.17) is 14.2 Å². The van der Waals surface area contributed by atoms with Crippen molar-refractivity contribution < 1.29 is 28.6 Å². The summed E-state index contributed by atoms with van der Waals surface area (Å²) in [5.74, 6) is -0.919. The summed E-state index contributed by atoms with van der Waals surface area (Å²) in [5.41, 5.74) is 0. The molecule has 0 aliphatic heterocycles. The fourth-order valence-corrected chi connectivity index (χ4v) is 8.94. The number of hydrogen-bond acceptors (Lipinski definition) is 6. The van der Waals surface area contributed by atoms with Gasteiger partial charge in [-0.25, -0.2) is 0 Å². The predicted octanol–water partition coefficient (Wildman–Crippen LogP) is 22.9. The summed E-state index contributed by atoms with van der Waals surface area (Å²) in [6, 6.07) is 0. The molecule has 0 fully saturated rings. The lowest BCUT2D eigenvalue weighted by atomic mass is 10.0. The average Bonchev–Trinajstić information content (AvgIpc) is 3.46. The van der Waals surface area contributed by atoms with E-state index in [0.29, 0.717) is 19.3 Å². The van der Waals surface area contributed by atoms with Crippen LogP contribution in [0.5, 0.6) is 0 Å². The molecule has 1 unspecified atom stereocenters. The molecule has 6 heteroatoms. The minimum atomic E-state index is -0.795. The standard InChI is InChI=1S/C74H122O6/c1-4-7-10-13-16-19-22-25-27-29-30-31-32-33-34-35-36-37-38-39-40-41-42-43-44-45-47-49-52-55-58-61-64-67-73(76)79-70-71(69-78-72(75)66-63-60-57-54-51-48-24-21-18-15-12-9-6-3)80-74(77)68-65-62-59-56-53-50-46-28-26-23-20-17-14-11-8-5-2/h7,10,12,15-16,19,21,24-25,27,30-31,33-34,36-37,39-40,42-43,45,47,71H,4-6,8-9,11,13-14,17-18,20,22-23,26,28-29,32,35,38,41,44,46,48-70H2,1-3H3/b10-7-,15-12-,19-16-,24-21-,27-25-,31-30-,34-33-,37-36-,40-39-,43-42-,47-45-. The van der Waals surface area contributed by atoms with E-state index in [-0.39, 0.29) is 31.1 Å². The Hall–Kier alpha value is -4.45. The van der Waals surface area contributed by atoms with Gasteiger partial charge in [0.25, 0.3) is 0 Å². The van der Waals surface area contributed by atoms with Gasteiger partial charge in [0.05, 0.1) is 0 Å². The van der Waals surface area contributed by atoms with Gasteiger partial charge in [0.2, 0.25) is 0 Å². The third-order valence-corrected chi connectivity index (χ3v) is 13.9. The molecule has 0 N–H and O–H groups in total. The van der Waals surface area contributed by atoms with Gasteiger partial charge in [-0.05, 0) is 116 Å². The second-order valence-electron chi connectivity index (χ2n) is 21.6. The van der Waals surface area contributed by atoms with Crippen LogP contribution in [0.3, 0.4) is 0 Å². The lowest BCUT2D eigenvalue weighted by Gasteiger charge is -2.18. The van der Waals surface area contributed by atoms with Gasteiger partial charge in [-0.2, -0.15) is 0 Å². The molecule has 0 saturated heterocycles. The Balaban J connectivity index is 4.32. The molecule has 0 bridgehead atoms. The molecular weight excluding hydrogens is 985 g/mol. The van der Waals surface area contributed by atoms with Gasteiger partial charge < -0.3 is 14.2 Å². The third-order valence-electron chi connectivity index (χ3n) is 13.9. The van der Waals surface area contributed by atoms with E-state index < -0.39 is 6.10 Å². The van der Waals surface area contributed by atoms with Gasteiger partial charge in [-0.15, -0.1) is 0 Å². The maximum absolute atomic E-state index is 12.9. The van der Waals surface area contributed by atoms with Crippen molar-refractivity contribution in [3.05, 3.63) is 134 Å². The quantitative estimate of drug-likeness (QED) is 0.0261. The summed E-state index contributed by atoms with van der Waals surface area (Å²) < 4.78 is 16.9. The van der Waals surface area contributed by atoms with Crippen LogP contribution in [0.4, 0.5) is 0 Å². The first-order chi connectivity index (χ1) is 39.5. The number of allylic oxidation sites excluding steroid dienone is 22. The first-order valence-electron chi connectivity index (χ1n) is 33.2. The molecule has 0 spiro atoms. The molecule has 1 atom stereocenters. The maximum Gasteiger partial charge on any atom is 0.306 e. The third kappa shape index (κ3) is 64.4. The summed E-state index contributed by atoms with van der Waals surface area (Å²) >= 11 is 0. The SMILES string of the molecule is CC/C=C\C/C=C\C/C=C\C/C=C\C/C=C\C/C=C\C/C=C\C/C=C\C/C=C\CCCCCCCC(=O)OCC(COC(=O)CCCCCCC/C=C\C/C=C\CCC)OC(=O)CCCCCCCCCCCCCCCCCC. The highest BCUT2D eigenvalue weighted by Crippen LogP contribution is 2.16. The molecule has 6 nitrogen and oxygen atoms in total. The number of ether oxygens (including phenoxy) is 3. The van der Waals surface area contributed by atoms with E-state index >= 15 is 0 Å². The Kier molecular flexibility index (Phi) is 63.3. The van der Waals surface area contributed by atoms with Gasteiger partial charge in [0, 0.05) is 19.3 Å². The second-order valence-corrected chi connectivity index (χ2v) is 21.6. The summed E-state index contributed by atoms with van der Waals surface area (Å²) in [5, 5.41) is 0. The zero-order valence-electron chi connectivity index (χ0n) is 52.0. The van der Waals surface area contributed by atoms with Gasteiger partial charge in [0.15, 0.2) is 6.10 Å². The van der Waals surface area contributed by atoms with Gasteiger partial charge in [-0.3, -0.25) is 14.4 Å². The molecule has 0 aromatic carbocycles. The monoisotopic (exact) mass is 1110 g/mol. The Bertz CT molecular complexity index is 1700. The molecule has 0 rings (SSSR count). The molecule has 80 heavy (non-hydrogen) atoms. The Morgan fingerprint density at radius 1 is 0.263 bits per heavy atom. The minimum absolute atomic E-state index is 0.0921. The van der Waals surface area contributed by atoms with E-state index in [0.717, 1.165) is 167 Å². The van der Waals surface area contributed by atoms with E-state index in [2.05, 4.69) is 154 Å². The van der Waals surface area contributed by atoms with Crippen molar-refractivity contribution >= 4 is 17.9 Å². The predicted molar refractivity (Wildman–Crippen MR) is 348 cm³/mol. The van der Waals surface area contributed by atoms with Crippen molar-refractivity contribution in [3.63, 3.8) is 0 Å². The molecule has 0 heterocycles. The number of unbranched alkanes of at least 4 members (excludes halogenated alkanes) is 26. The number of carbonyl (C=O) groups is 3. The summed E-state index contributed by atoms with van der Waals surface area (Å²) in [7, 11) is 0. The van der Waals surface area contributed by atoms with Gasteiger partial charge in [-0.1, -0.05) is 296 Å². The molecule has 0 aromatic rings. The normalized spacial score (nSPS) is 13.0. The minimum Gasteiger partial charge on any atom is -0.462 e. The van der Waals surface area contributed by atoms with Crippen LogP contribution < -0.4 is 0 Å². The topological polar surface area (TPSA) is 78.9 Å². The van der Waals surface area contributed by atoms with Crippen molar-refractivity contribution in [2.24, 2.45) is 0 Å². The molecule has 0 radical (unpaired) electrons. The van der Waals surface area contributed by atoms with E-state index in [9.17, 15) is 14.4 Å². The molecule has 0 aliphatic rings. The van der Waals surface area contributed by atoms with Crippen molar-refractivity contribution in [2.75, 3.05) is 13.2 Å². The fraction of sp³-hybridized carbons (Fsp3) is 0.662. The Morgan fingerprint density at radius 2 is 0.512 bits per heavy atom. The smallest absolute Gasteiger partial charge is 0.306 e. The average molecular weight is 1110 g/mol. The molecule has 0 aliphatic carbocycles. The molecule has 0 aromatic heterocycles. The number of rotatable bonds is 59. The molecule has 0 amide bonds. The molecule has 454 valence electrons. The van der Waals surface area contributed by atoms with Crippen molar-refractivity contribution in [2.45, 2.75) is 303 Å². The Labute approximate surface area is 494 Å². The van der Waals surface area contributed by atoms with E-state index in [1.807, 2.05) is 0 Å². The molecular formula is C74H122O6. The first kappa shape index (κ1) is 75.5. The zero-order chi connectivity index (χ0) is 57.8. The number of carbonyl (C=O) groups excluding carboxylic acids is 3. The molecule has 0 saturated carbocycles. The van der Waals surface area contributed by atoms with Crippen LogP contribution in [0.1, 0.15) is 297 Å². The highest BCUT2D eigenvalue weighted by atomic mass is 16.6. The number of esters is 3. The van der Waals surface area contributed by atoms with Crippen molar-refractivity contribution in [1.82, 2.24) is 0 Å². The summed E-state index contributed by atoms with van der Waals surface area (Å²) in [4.78, 5) is 38.3. The zero-order valence-corrected chi connectivity index (χ0v) is 52.0.